The average molecular weight is 375 g/mol. The van der Waals surface area contributed by atoms with Crippen molar-refractivity contribution in [2.75, 3.05) is 6.54 Å². The fourth-order valence-corrected chi connectivity index (χ4v) is 3.54. The van der Waals surface area contributed by atoms with Gasteiger partial charge in [-0.2, -0.15) is 13.2 Å². The molecule has 1 aromatic rings. The van der Waals surface area contributed by atoms with Crippen molar-refractivity contribution in [3.8, 4) is 0 Å². The lowest BCUT2D eigenvalue weighted by Gasteiger charge is -2.10. The first-order chi connectivity index (χ1) is 9.15. The van der Waals surface area contributed by atoms with E-state index in [1.807, 2.05) is 0 Å². The van der Waals surface area contributed by atoms with E-state index in [1.54, 1.807) is 6.07 Å². The van der Waals surface area contributed by atoms with Crippen LogP contribution in [0.4, 0.5) is 13.2 Å². The summed E-state index contributed by atoms with van der Waals surface area (Å²) >= 11 is 3.10. The van der Waals surface area contributed by atoms with Crippen molar-refractivity contribution in [2.45, 2.75) is 30.5 Å². The zero-order chi connectivity index (χ0) is 15.4. The number of hydrogen-bond donors (Lipinski definition) is 2. The summed E-state index contributed by atoms with van der Waals surface area (Å²) in [5.74, 6) is 0. The Morgan fingerprint density at radius 2 is 1.95 bits per heavy atom. The quantitative estimate of drug-likeness (QED) is 0.751. The molecule has 0 aromatic heterocycles. The van der Waals surface area contributed by atoms with E-state index in [0.717, 1.165) is 0 Å². The number of hydrogen-bond acceptors (Lipinski definition) is 3. The molecule has 114 valence electrons. The first-order valence-corrected chi connectivity index (χ1v) is 7.98. The molecule has 20 heavy (non-hydrogen) atoms. The van der Waals surface area contributed by atoms with Gasteiger partial charge in [0.15, 0.2) is 0 Å². The third kappa shape index (κ3) is 5.39. The van der Waals surface area contributed by atoms with Crippen LogP contribution in [0.15, 0.2) is 27.6 Å². The van der Waals surface area contributed by atoms with Gasteiger partial charge in [-0.1, -0.05) is 6.07 Å². The van der Waals surface area contributed by atoms with Gasteiger partial charge in [-0.25, -0.2) is 13.1 Å². The maximum absolute atomic E-state index is 12.0. The first-order valence-electron chi connectivity index (χ1n) is 5.70. The molecule has 4 nitrogen and oxygen atoms in total. The number of alkyl halides is 3. The van der Waals surface area contributed by atoms with Gasteiger partial charge in [0.1, 0.15) is 0 Å². The van der Waals surface area contributed by atoms with Crippen LogP contribution in [0.25, 0.3) is 0 Å². The van der Waals surface area contributed by atoms with Crippen molar-refractivity contribution in [1.29, 1.82) is 0 Å². The van der Waals surface area contributed by atoms with E-state index in [4.69, 9.17) is 5.73 Å². The lowest BCUT2D eigenvalue weighted by atomic mass is 10.2. The summed E-state index contributed by atoms with van der Waals surface area (Å²) < 4.78 is 62.3. The first kappa shape index (κ1) is 17.4. The van der Waals surface area contributed by atoms with Crippen molar-refractivity contribution in [3.05, 3.63) is 28.2 Å². The molecule has 0 saturated carbocycles. The van der Waals surface area contributed by atoms with Gasteiger partial charge in [0.25, 0.3) is 0 Å². The molecule has 0 bridgehead atoms. The van der Waals surface area contributed by atoms with Crippen molar-refractivity contribution in [1.82, 2.24) is 4.72 Å². The maximum atomic E-state index is 12.0. The lowest BCUT2D eigenvalue weighted by molar-refractivity contribution is -0.135. The highest BCUT2D eigenvalue weighted by Crippen LogP contribution is 2.24. The molecule has 0 aliphatic heterocycles. The minimum atomic E-state index is -4.29. The molecule has 0 amide bonds. The molecule has 0 unspecified atom stereocenters. The van der Waals surface area contributed by atoms with E-state index >= 15 is 0 Å². The number of benzene rings is 1. The standard InChI is InChI=1S/C11H14BrF3N2O2S/c12-9-3-2-8(7-16)6-10(9)20(18,19)17-5-1-4-11(13,14)15/h2-3,6,17H,1,4-5,7,16H2. The second-order valence-electron chi connectivity index (χ2n) is 4.09. The zero-order valence-electron chi connectivity index (χ0n) is 10.4. The summed E-state index contributed by atoms with van der Waals surface area (Å²) in [5, 5.41) is 0. The number of nitrogens with two attached hydrogens (primary N) is 1. The monoisotopic (exact) mass is 374 g/mol. The van der Waals surface area contributed by atoms with E-state index < -0.39 is 22.6 Å². The van der Waals surface area contributed by atoms with Crippen molar-refractivity contribution >= 4 is 26.0 Å². The third-order valence-electron chi connectivity index (χ3n) is 2.45. The summed E-state index contributed by atoms with van der Waals surface area (Å²) in [6.07, 6.45) is -5.62. The van der Waals surface area contributed by atoms with Crippen molar-refractivity contribution in [2.24, 2.45) is 5.73 Å². The summed E-state index contributed by atoms with van der Waals surface area (Å²) in [5.41, 5.74) is 6.04. The topological polar surface area (TPSA) is 72.2 Å². The number of rotatable bonds is 6. The second-order valence-corrected chi connectivity index (χ2v) is 6.68. The SMILES string of the molecule is NCc1ccc(Br)c(S(=O)(=O)NCCCC(F)(F)F)c1. The Morgan fingerprint density at radius 3 is 2.50 bits per heavy atom. The van der Waals surface area contributed by atoms with Crippen LogP contribution in [-0.4, -0.2) is 21.1 Å². The highest BCUT2D eigenvalue weighted by atomic mass is 79.9. The Labute approximate surface area is 123 Å². The molecule has 0 spiro atoms. The summed E-state index contributed by atoms with van der Waals surface area (Å²) in [7, 11) is -3.86. The molecule has 0 heterocycles. The Hall–Kier alpha value is -0.640. The third-order valence-corrected chi connectivity index (χ3v) is 4.90. The highest BCUT2D eigenvalue weighted by Gasteiger charge is 2.26. The zero-order valence-corrected chi connectivity index (χ0v) is 12.8. The van der Waals surface area contributed by atoms with Crippen LogP contribution in [0.3, 0.4) is 0 Å². The molecule has 3 N–H and O–H groups in total. The van der Waals surface area contributed by atoms with Gasteiger partial charge >= 0.3 is 6.18 Å². The van der Waals surface area contributed by atoms with E-state index in [9.17, 15) is 21.6 Å². The Kier molecular flexibility index (Phi) is 5.99. The molecule has 0 atom stereocenters. The number of sulfonamides is 1. The van der Waals surface area contributed by atoms with E-state index in [2.05, 4.69) is 20.7 Å². The molecule has 0 aliphatic carbocycles. The van der Waals surface area contributed by atoms with E-state index in [-0.39, 0.29) is 24.4 Å². The minimum Gasteiger partial charge on any atom is -0.326 e. The Bertz CT molecular complexity index is 561. The van der Waals surface area contributed by atoms with Crippen LogP contribution in [0.1, 0.15) is 18.4 Å². The van der Waals surface area contributed by atoms with Gasteiger partial charge < -0.3 is 5.73 Å². The van der Waals surface area contributed by atoms with E-state index in [1.165, 1.54) is 12.1 Å². The predicted molar refractivity (Wildman–Crippen MR) is 72.5 cm³/mol. The fourth-order valence-electron chi connectivity index (χ4n) is 1.45. The molecule has 0 radical (unpaired) electrons. The minimum absolute atomic E-state index is 0.0348. The van der Waals surface area contributed by atoms with Crippen LogP contribution in [0.5, 0.6) is 0 Å². The van der Waals surface area contributed by atoms with Gasteiger partial charge in [-0.3, -0.25) is 0 Å². The molecular formula is C11H14BrF3N2O2S. The van der Waals surface area contributed by atoms with Crippen LogP contribution in [0, 0.1) is 0 Å². The van der Waals surface area contributed by atoms with Crippen LogP contribution < -0.4 is 10.5 Å². The Balaban J connectivity index is 2.74. The molecule has 0 aliphatic rings. The van der Waals surface area contributed by atoms with Crippen LogP contribution in [-0.2, 0) is 16.6 Å². The molecule has 1 rings (SSSR count). The van der Waals surface area contributed by atoms with Crippen LogP contribution >= 0.6 is 15.9 Å². The number of nitrogens with one attached hydrogen (secondary N) is 1. The van der Waals surface area contributed by atoms with Gasteiger partial charge in [0, 0.05) is 24.0 Å². The summed E-state index contributed by atoms with van der Waals surface area (Å²) in [6, 6.07) is 4.58. The average Bonchev–Trinajstić information content (AvgIpc) is 2.34. The number of halogens is 4. The molecule has 0 fully saturated rings. The summed E-state index contributed by atoms with van der Waals surface area (Å²) in [4.78, 5) is -0.0348. The van der Waals surface area contributed by atoms with Gasteiger partial charge in [-0.15, -0.1) is 0 Å². The van der Waals surface area contributed by atoms with Crippen molar-refractivity contribution in [3.63, 3.8) is 0 Å². The Morgan fingerprint density at radius 1 is 1.30 bits per heavy atom. The summed E-state index contributed by atoms with van der Waals surface area (Å²) in [6.45, 7) is -0.106. The van der Waals surface area contributed by atoms with Crippen LogP contribution in [0.2, 0.25) is 0 Å². The predicted octanol–water partition coefficient (Wildman–Crippen LogP) is 2.53. The van der Waals surface area contributed by atoms with E-state index in [0.29, 0.717) is 10.0 Å². The fraction of sp³-hybridized carbons (Fsp3) is 0.455. The van der Waals surface area contributed by atoms with Gasteiger partial charge in [-0.05, 0) is 40.0 Å². The van der Waals surface area contributed by atoms with Crippen molar-refractivity contribution < 1.29 is 21.6 Å². The molecule has 0 saturated heterocycles. The normalized spacial score (nSPS) is 12.7. The molecular weight excluding hydrogens is 361 g/mol. The molecule has 1 aromatic carbocycles. The second kappa shape index (κ2) is 6.88. The lowest BCUT2D eigenvalue weighted by Crippen LogP contribution is -2.26. The highest BCUT2D eigenvalue weighted by molar-refractivity contribution is 9.10. The molecule has 9 heteroatoms. The van der Waals surface area contributed by atoms with Gasteiger partial charge in [0.2, 0.25) is 10.0 Å². The maximum Gasteiger partial charge on any atom is 0.389 e. The van der Waals surface area contributed by atoms with Gasteiger partial charge in [0.05, 0.1) is 4.90 Å². The largest absolute Gasteiger partial charge is 0.389 e. The smallest absolute Gasteiger partial charge is 0.326 e.